The van der Waals surface area contributed by atoms with E-state index in [1.54, 1.807) is 6.07 Å². The lowest BCUT2D eigenvalue weighted by atomic mass is 10.1. The van der Waals surface area contributed by atoms with Crippen LogP contribution in [-0.2, 0) is 14.8 Å². The van der Waals surface area contributed by atoms with Gasteiger partial charge in [0.2, 0.25) is 15.9 Å². The number of carbonyl (C=O) groups excluding carboxylic acids is 1. The Morgan fingerprint density at radius 1 is 1.11 bits per heavy atom. The average molecular weight is 414 g/mol. The Bertz CT molecular complexity index is 759. The SMILES string of the molecule is COc1ccc(S(=O)(=O)N2CCN(CC(=O)NCCC(C)C)CC2)cc1OC. The van der Waals surface area contributed by atoms with Crippen molar-refractivity contribution in [2.75, 3.05) is 53.5 Å². The van der Waals surface area contributed by atoms with Crippen LogP contribution in [0, 0.1) is 5.92 Å². The fourth-order valence-corrected chi connectivity index (χ4v) is 4.45. The fourth-order valence-electron chi connectivity index (χ4n) is 3.01. The molecule has 1 aliphatic heterocycles. The van der Waals surface area contributed by atoms with E-state index in [1.807, 2.05) is 4.90 Å². The zero-order valence-electron chi connectivity index (χ0n) is 17.1. The Morgan fingerprint density at radius 3 is 2.32 bits per heavy atom. The second-order valence-corrected chi connectivity index (χ2v) is 9.17. The van der Waals surface area contributed by atoms with Crippen LogP contribution in [0.1, 0.15) is 20.3 Å². The Hall–Kier alpha value is -1.84. The van der Waals surface area contributed by atoms with Crippen molar-refractivity contribution in [3.63, 3.8) is 0 Å². The predicted molar refractivity (Wildman–Crippen MR) is 107 cm³/mol. The first kappa shape index (κ1) is 22.4. The van der Waals surface area contributed by atoms with Gasteiger partial charge >= 0.3 is 0 Å². The number of rotatable bonds is 9. The molecule has 0 aromatic heterocycles. The lowest BCUT2D eigenvalue weighted by Crippen LogP contribution is -2.51. The second-order valence-electron chi connectivity index (χ2n) is 7.23. The third-order valence-corrected chi connectivity index (χ3v) is 6.63. The van der Waals surface area contributed by atoms with Crippen molar-refractivity contribution in [1.82, 2.24) is 14.5 Å². The molecule has 1 saturated heterocycles. The topological polar surface area (TPSA) is 88.2 Å². The van der Waals surface area contributed by atoms with E-state index in [1.165, 1.54) is 30.7 Å². The van der Waals surface area contributed by atoms with Crippen LogP contribution in [0.15, 0.2) is 23.1 Å². The van der Waals surface area contributed by atoms with Crippen LogP contribution in [0.2, 0.25) is 0 Å². The normalized spacial score (nSPS) is 16.2. The molecule has 0 radical (unpaired) electrons. The monoisotopic (exact) mass is 413 g/mol. The van der Waals surface area contributed by atoms with Crippen molar-refractivity contribution >= 4 is 15.9 Å². The molecule has 1 amide bonds. The fraction of sp³-hybridized carbons (Fsp3) is 0.632. The van der Waals surface area contributed by atoms with Crippen molar-refractivity contribution in [2.24, 2.45) is 5.92 Å². The highest BCUT2D eigenvalue weighted by Crippen LogP contribution is 2.30. The predicted octanol–water partition coefficient (Wildman–Crippen LogP) is 1.17. The minimum Gasteiger partial charge on any atom is -0.493 e. The number of ether oxygens (including phenoxy) is 2. The van der Waals surface area contributed by atoms with E-state index in [4.69, 9.17) is 9.47 Å². The van der Waals surface area contributed by atoms with Crippen LogP contribution in [0.5, 0.6) is 11.5 Å². The van der Waals surface area contributed by atoms with Gasteiger partial charge in [-0.25, -0.2) is 8.42 Å². The molecule has 8 nitrogen and oxygen atoms in total. The molecular weight excluding hydrogens is 382 g/mol. The molecule has 0 aliphatic carbocycles. The molecular formula is C19H31N3O5S. The van der Waals surface area contributed by atoms with Gasteiger partial charge in [0.15, 0.2) is 11.5 Å². The second kappa shape index (κ2) is 10.1. The van der Waals surface area contributed by atoms with Gasteiger partial charge < -0.3 is 14.8 Å². The summed E-state index contributed by atoms with van der Waals surface area (Å²) in [7, 11) is -0.649. The first-order valence-electron chi connectivity index (χ1n) is 9.49. The Kier molecular flexibility index (Phi) is 8.09. The molecule has 28 heavy (non-hydrogen) atoms. The van der Waals surface area contributed by atoms with Gasteiger partial charge in [-0.05, 0) is 24.5 Å². The van der Waals surface area contributed by atoms with Gasteiger partial charge in [-0.3, -0.25) is 9.69 Å². The zero-order chi connectivity index (χ0) is 20.7. The number of carbonyl (C=O) groups is 1. The standard InChI is InChI=1S/C19H31N3O5S/c1-15(2)7-8-20-19(23)14-21-9-11-22(12-10-21)28(24,25)16-5-6-17(26-3)18(13-16)27-4/h5-6,13,15H,7-12,14H2,1-4H3,(H,20,23). The summed E-state index contributed by atoms with van der Waals surface area (Å²) in [5, 5.41) is 2.91. The zero-order valence-corrected chi connectivity index (χ0v) is 17.9. The summed E-state index contributed by atoms with van der Waals surface area (Å²) in [6, 6.07) is 4.58. The Morgan fingerprint density at radius 2 is 1.75 bits per heavy atom. The van der Waals surface area contributed by atoms with Crippen molar-refractivity contribution in [2.45, 2.75) is 25.2 Å². The molecule has 0 saturated carbocycles. The molecule has 1 N–H and O–H groups in total. The third-order valence-electron chi connectivity index (χ3n) is 4.74. The molecule has 0 bridgehead atoms. The van der Waals surface area contributed by atoms with E-state index >= 15 is 0 Å². The number of sulfonamides is 1. The van der Waals surface area contributed by atoms with Crippen LogP contribution in [0.4, 0.5) is 0 Å². The lowest BCUT2D eigenvalue weighted by molar-refractivity contribution is -0.122. The van der Waals surface area contributed by atoms with Gasteiger partial charge in [-0.2, -0.15) is 4.31 Å². The minimum absolute atomic E-state index is 0.0168. The lowest BCUT2D eigenvalue weighted by Gasteiger charge is -2.33. The highest BCUT2D eigenvalue weighted by Gasteiger charge is 2.29. The van der Waals surface area contributed by atoms with Gasteiger partial charge in [-0.1, -0.05) is 13.8 Å². The Labute approximate surface area is 167 Å². The van der Waals surface area contributed by atoms with E-state index in [2.05, 4.69) is 19.2 Å². The highest BCUT2D eigenvalue weighted by atomic mass is 32.2. The van der Waals surface area contributed by atoms with Crippen LogP contribution in [-0.4, -0.2) is 77.0 Å². The maximum Gasteiger partial charge on any atom is 0.243 e. The maximum absolute atomic E-state index is 12.9. The third kappa shape index (κ3) is 5.83. The van der Waals surface area contributed by atoms with Crippen LogP contribution in [0.25, 0.3) is 0 Å². The molecule has 1 aromatic rings. The smallest absolute Gasteiger partial charge is 0.243 e. The van der Waals surface area contributed by atoms with Gasteiger partial charge in [0.05, 0.1) is 25.7 Å². The van der Waals surface area contributed by atoms with Gasteiger partial charge in [0, 0.05) is 38.8 Å². The number of nitrogens with one attached hydrogen (secondary N) is 1. The van der Waals surface area contributed by atoms with Gasteiger partial charge in [-0.15, -0.1) is 0 Å². The summed E-state index contributed by atoms with van der Waals surface area (Å²) >= 11 is 0. The van der Waals surface area contributed by atoms with E-state index in [9.17, 15) is 13.2 Å². The molecule has 1 aromatic carbocycles. The van der Waals surface area contributed by atoms with Crippen molar-refractivity contribution < 1.29 is 22.7 Å². The summed E-state index contributed by atoms with van der Waals surface area (Å²) in [6.45, 7) is 6.92. The maximum atomic E-state index is 12.9. The summed E-state index contributed by atoms with van der Waals surface area (Å²) in [4.78, 5) is 14.2. The summed E-state index contributed by atoms with van der Waals surface area (Å²) in [6.07, 6.45) is 0.948. The summed E-state index contributed by atoms with van der Waals surface area (Å²) in [5.74, 6) is 1.39. The Balaban J connectivity index is 1.92. The van der Waals surface area contributed by atoms with Gasteiger partial charge in [0.1, 0.15) is 0 Å². The number of nitrogens with zero attached hydrogens (tertiary/aromatic N) is 2. The molecule has 0 atom stereocenters. The number of amides is 1. The summed E-state index contributed by atoms with van der Waals surface area (Å²) < 4.78 is 37.7. The molecule has 2 rings (SSSR count). The molecule has 1 aliphatic rings. The molecule has 0 unspecified atom stereocenters. The number of piperazine rings is 1. The number of hydrogen-bond acceptors (Lipinski definition) is 6. The largest absolute Gasteiger partial charge is 0.493 e. The molecule has 1 heterocycles. The van der Waals surface area contributed by atoms with Crippen molar-refractivity contribution in [3.05, 3.63) is 18.2 Å². The molecule has 158 valence electrons. The van der Waals surface area contributed by atoms with Crippen molar-refractivity contribution in [3.8, 4) is 11.5 Å². The van der Waals surface area contributed by atoms with Crippen molar-refractivity contribution in [1.29, 1.82) is 0 Å². The van der Waals surface area contributed by atoms with E-state index < -0.39 is 10.0 Å². The van der Waals surface area contributed by atoms with E-state index in [0.29, 0.717) is 56.7 Å². The summed E-state index contributed by atoms with van der Waals surface area (Å²) in [5.41, 5.74) is 0. The number of methoxy groups -OCH3 is 2. The number of hydrogen-bond donors (Lipinski definition) is 1. The molecule has 9 heteroatoms. The van der Waals surface area contributed by atoms with Crippen LogP contribution in [0.3, 0.4) is 0 Å². The van der Waals surface area contributed by atoms with Gasteiger partial charge in [0.25, 0.3) is 0 Å². The minimum atomic E-state index is -3.62. The average Bonchev–Trinajstić information content (AvgIpc) is 2.67. The number of benzene rings is 1. The molecule has 0 spiro atoms. The quantitative estimate of drug-likeness (QED) is 0.654. The van der Waals surface area contributed by atoms with Crippen LogP contribution < -0.4 is 14.8 Å². The first-order chi connectivity index (χ1) is 13.3. The van der Waals surface area contributed by atoms with E-state index in [-0.39, 0.29) is 10.8 Å². The highest BCUT2D eigenvalue weighted by molar-refractivity contribution is 7.89. The van der Waals surface area contributed by atoms with E-state index in [0.717, 1.165) is 6.42 Å². The first-order valence-corrected chi connectivity index (χ1v) is 10.9. The molecule has 1 fully saturated rings. The van der Waals surface area contributed by atoms with Crippen LogP contribution >= 0.6 is 0 Å².